The number of nitrogens with zero attached hydrogens (tertiary/aromatic N) is 1. The summed E-state index contributed by atoms with van der Waals surface area (Å²) < 4.78 is 10.7. The third-order valence-electron chi connectivity index (χ3n) is 3.74. The highest BCUT2D eigenvalue weighted by atomic mass is 35.5. The van der Waals surface area contributed by atoms with E-state index in [4.69, 9.17) is 26.1 Å². The Bertz CT molecular complexity index is 850. The summed E-state index contributed by atoms with van der Waals surface area (Å²) in [7, 11) is 3.25. The fourth-order valence-electron chi connectivity index (χ4n) is 2.53. The zero-order valence-corrected chi connectivity index (χ0v) is 14.7. The minimum atomic E-state index is 0. The molecule has 0 atom stereocenters. The van der Waals surface area contributed by atoms with Crippen molar-refractivity contribution in [2.45, 2.75) is 6.92 Å². The molecule has 0 saturated carbocycles. The number of hydrogen-bond acceptors (Lipinski definition) is 3. The molecule has 0 aliphatic heterocycles. The quantitative estimate of drug-likeness (QED) is 0.642. The third-order valence-corrected chi connectivity index (χ3v) is 4.20. The Balaban J connectivity index is 0.00000192. The Morgan fingerprint density at radius 3 is 2.43 bits per heavy atom. The Morgan fingerprint density at radius 2 is 1.74 bits per heavy atom. The van der Waals surface area contributed by atoms with Crippen LogP contribution in [-0.4, -0.2) is 19.2 Å². The number of ether oxygens (including phenoxy) is 2. The second-order valence-electron chi connectivity index (χ2n) is 4.98. The highest BCUT2D eigenvalue weighted by Gasteiger charge is 2.16. The predicted octanol–water partition coefficient (Wildman–Crippen LogP) is 5.30. The monoisotopic (exact) mass is 349 g/mol. The number of halogens is 2. The van der Waals surface area contributed by atoms with Crippen molar-refractivity contribution in [2.75, 3.05) is 14.2 Å². The molecule has 0 N–H and O–H groups in total. The van der Waals surface area contributed by atoms with Crippen molar-refractivity contribution in [1.82, 2.24) is 4.98 Å². The lowest BCUT2D eigenvalue weighted by Gasteiger charge is -2.14. The third kappa shape index (κ3) is 3.07. The SMILES string of the molecule is COc1ccc(-c2nc3ccccc3c(C)c2Cl)c(OC)c1.Cl. The van der Waals surface area contributed by atoms with Crippen molar-refractivity contribution in [3.63, 3.8) is 0 Å². The molecule has 0 aliphatic carbocycles. The van der Waals surface area contributed by atoms with Gasteiger partial charge in [0.15, 0.2) is 0 Å². The molecule has 3 rings (SSSR count). The molecule has 120 valence electrons. The first-order chi connectivity index (χ1) is 10.7. The lowest BCUT2D eigenvalue weighted by Crippen LogP contribution is -1.95. The molecular weight excluding hydrogens is 333 g/mol. The first-order valence-electron chi connectivity index (χ1n) is 6.93. The number of fused-ring (bicyclic) bond motifs is 1. The van der Waals surface area contributed by atoms with Crippen LogP contribution in [0.1, 0.15) is 5.56 Å². The fourth-order valence-corrected chi connectivity index (χ4v) is 2.77. The predicted molar refractivity (Wildman–Crippen MR) is 97.3 cm³/mol. The number of benzene rings is 2. The smallest absolute Gasteiger partial charge is 0.132 e. The van der Waals surface area contributed by atoms with Crippen LogP contribution in [0.2, 0.25) is 5.02 Å². The van der Waals surface area contributed by atoms with Crippen LogP contribution in [0.25, 0.3) is 22.2 Å². The van der Waals surface area contributed by atoms with E-state index in [2.05, 4.69) is 0 Å². The summed E-state index contributed by atoms with van der Waals surface area (Å²) in [4.78, 5) is 4.72. The largest absolute Gasteiger partial charge is 0.497 e. The van der Waals surface area contributed by atoms with Crippen LogP contribution in [0.3, 0.4) is 0 Å². The van der Waals surface area contributed by atoms with Crippen LogP contribution in [0.4, 0.5) is 0 Å². The zero-order chi connectivity index (χ0) is 15.7. The molecule has 0 bridgehead atoms. The molecule has 5 heteroatoms. The molecule has 3 nitrogen and oxygen atoms in total. The van der Waals surface area contributed by atoms with E-state index in [1.54, 1.807) is 14.2 Å². The van der Waals surface area contributed by atoms with E-state index in [1.807, 2.05) is 49.4 Å². The second-order valence-corrected chi connectivity index (χ2v) is 5.36. The number of rotatable bonds is 3. The highest BCUT2D eigenvalue weighted by Crippen LogP contribution is 2.39. The van der Waals surface area contributed by atoms with E-state index in [0.717, 1.165) is 33.5 Å². The first kappa shape index (κ1) is 17.4. The summed E-state index contributed by atoms with van der Waals surface area (Å²) in [6.07, 6.45) is 0. The molecule has 0 unspecified atom stereocenters. The number of aryl methyl sites for hydroxylation is 1. The van der Waals surface area contributed by atoms with Gasteiger partial charge >= 0.3 is 0 Å². The van der Waals surface area contributed by atoms with Gasteiger partial charge in [0.25, 0.3) is 0 Å². The molecule has 0 spiro atoms. The molecule has 23 heavy (non-hydrogen) atoms. The van der Waals surface area contributed by atoms with E-state index in [0.29, 0.717) is 10.8 Å². The van der Waals surface area contributed by atoms with E-state index in [9.17, 15) is 0 Å². The van der Waals surface area contributed by atoms with Gasteiger partial charge in [-0.15, -0.1) is 12.4 Å². The second kappa shape index (κ2) is 7.07. The highest BCUT2D eigenvalue weighted by molar-refractivity contribution is 6.34. The number of para-hydroxylation sites is 1. The van der Waals surface area contributed by atoms with Gasteiger partial charge in [-0.2, -0.15) is 0 Å². The number of aromatic nitrogens is 1. The van der Waals surface area contributed by atoms with Crippen LogP contribution in [0.5, 0.6) is 11.5 Å². The molecule has 3 aromatic rings. The van der Waals surface area contributed by atoms with E-state index < -0.39 is 0 Å². The van der Waals surface area contributed by atoms with Crippen LogP contribution < -0.4 is 9.47 Å². The average Bonchev–Trinajstić information content (AvgIpc) is 2.57. The standard InChI is InChI=1S/C18H16ClNO2.ClH/c1-11-13-6-4-5-7-15(13)20-18(17(11)19)14-9-8-12(21-2)10-16(14)22-3;/h4-10H,1-3H3;1H. The molecule has 0 aliphatic rings. The maximum atomic E-state index is 6.56. The minimum absolute atomic E-state index is 0. The molecule has 0 radical (unpaired) electrons. The van der Waals surface area contributed by atoms with Crippen molar-refractivity contribution in [3.05, 3.63) is 53.1 Å². The molecule has 0 saturated heterocycles. The number of pyridine rings is 1. The van der Waals surface area contributed by atoms with E-state index in [-0.39, 0.29) is 12.4 Å². The van der Waals surface area contributed by atoms with Gasteiger partial charge in [0, 0.05) is 17.0 Å². The number of hydrogen-bond donors (Lipinski definition) is 0. The first-order valence-corrected chi connectivity index (χ1v) is 7.30. The van der Waals surface area contributed by atoms with Gasteiger partial charge in [0.05, 0.1) is 30.5 Å². The molecule has 0 amide bonds. The van der Waals surface area contributed by atoms with Crippen LogP contribution in [-0.2, 0) is 0 Å². The minimum Gasteiger partial charge on any atom is -0.497 e. The Kier molecular flexibility index (Phi) is 5.34. The molecule has 2 aromatic carbocycles. The molecule has 0 fully saturated rings. The zero-order valence-electron chi connectivity index (χ0n) is 13.1. The maximum Gasteiger partial charge on any atom is 0.132 e. The van der Waals surface area contributed by atoms with E-state index in [1.165, 1.54) is 0 Å². The van der Waals surface area contributed by atoms with Gasteiger partial charge in [-0.1, -0.05) is 29.8 Å². The van der Waals surface area contributed by atoms with Crippen molar-refractivity contribution >= 4 is 34.9 Å². The Labute approximate surface area is 146 Å². The van der Waals surface area contributed by atoms with E-state index >= 15 is 0 Å². The van der Waals surface area contributed by atoms with Gasteiger partial charge in [-0.3, -0.25) is 0 Å². The normalized spacial score (nSPS) is 10.3. The Hall–Kier alpha value is -1.97. The van der Waals surface area contributed by atoms with Crippen LogP contribution in [0.15, 0.2) is 42.5 Å². The summed E-state index contributed by atoms with van der Waals surface area (Å²) in [6, 6.07) is 13.6. The molecule has 1 heterocycles. The topological polar surface area (TPSA) is 31.4 Å². The lowest BCUT2D eigenvalue weighted by molar-refractivity contribution is 0.395. The van der Waals surface area contributed by atoms with Crippen molar-refractivity contribution in [2.24, 2.45) is 0 Å². The Morgan fingerprint density at radius 1 is 1.00 bits per heavy atom. The summed E-state index contributed by atoms with van der Waals surface area (Å²) in [5.41, 5.74) is 3.50. The van der Waals surface area contributed by atoms with Crippen molar-refractivity contribution in [3.8, 4) is 22.8 Å². The fraction of sp³-hybridized carbons (Fsp3) is 0.167. The van der Waals surface area contributed by atoms with Gasteiger partial charge in [0.2, 0.25) is 0 Å². The van der Waals surface area contributed by atoms with Crippen molar-refractivity contribution < 1.29 is 9.47 Å². The summed E-state index contributed by atoms with van der Waals surface area (Å²) in [5.74, 6) is 1.41. The van der Waals surface area contributed by atoms with Gasteiger partial charge in [-0.25, -0.2) is 4.98 Å². The molecular formula is C18H17Cl2NO2. The summed E-state index contributed by atoms with van der Waals surface area (Å²) in [5, 5.41) is 1.70. The maximum absolute atomic E-state index is 6.56. The summed E-state index contributed by atoms with van der Waals surface area (Å²) >= 11 is 6.56. The number of methoxy groups -OCH3 is 2. The average molecular weight is 350 g/mol. The summed E-state index contributed by atoms with van der Waals surface area (Å²) in [6.45, 7) is 2.01. The van der Waals surface area contributed by atoms with Crippen molar-refractivity contribution in [1.29, 1.82) is 0 Å². The lowest BCUT2D eigenvalue weighted by atomic mass is 10.0. The van der Waals surface area contributed by atoms with Crippen LogP contribution in [0, 0.1) is 6.92 Å². The van der Waals surface area contributed by atoms with Crippen LogP contribution >= 0.6 is 24.0 Å². The van der Waals surface area contributed by atoms with Gasteiger partial charge in [0.1, 0.15) is 11.5 Å². The van der Waals surface area contributed by atoms with Gasteiger partial charge in [-0.05, 0) is 30.7 Å². The molecule has 1 aromatic heterocycles. The van der Waals surface area contributed by atoms with Gasteiger partial charge < -0.3 is 9.47 Å².